The van der Waals surface area contributed by atoms with Gasteiger partial charge in [-0.3, -0.25) is 9.59 Å². The Bertz CT molecular complexity index is 455. The first-order valence-corrected chi connectivity index (χ1v) is 5.86. The van der Waals surface area contributed by atoms with E-state index in [4.69, 9.17) is 16.2 Å². The van der Waals surface area contributed by atoms with E-state index in [0.717, 1.165) is 0 Å². The third-order valence-electron chi connectivity index (χ3n) is 2.20. The number of nitrogens with one attached hydrogen (secondary N) is 1. The van der Waals surface area contributed by atoms with E-state index in [9.17, 15) is 9.59 Å². The highest BCUT2D eigenvalue weighted by Crippen LogP contribution is 2.12. The molecule has 1 aromatic carbocycles. The van der Waals surface area contributed by atoms with Gasteiger partial charge in [-0.1, -0.05) is 0 Å². The summed E-state index contributed by atoms with van der Waals surface area (Å²) >= 11 is 0. The van der Waals surface area contributed by atoms with Crippen molar-refractivity contribution in [2.45, 2.75) is 19.4 Å². The molecule has 0 heterocycles. The lowest BCUT2D eigenvalue weighted by Gasteiger charge is -2.18. The van der Waals surface area contributed by atoms with E-state index >= 15 is 0 Å². The second-order valence-electron chi connectivity index (χ2n) is 4.95. The lowest BCUT2D eigenvalue weighted by molar-refractivity contribution is -0.119. The van der Waals surface area contributed by atoms with Crippen molar-refractivity contribution in [3.63, 3.8) is 0 Å². The molecule has 0 aliphatic carbocycles. The molecule has 112 valence electrons. The minimum absolute atomic E-state index is 0. The molecule has 1 rings (SSSR count). The van der Waals surface area contributed by atoms with Crippen molar-refractivity contribution in [2.24, 2.45) is 11.5 Å². The smallest absolute Gasteiger partial charge is 0.255 e. The molecule has 0 fully saturated rings. The highest BCUT2D eigenvalue weighted by atomic mass is 35.5. The topological polar surface area (TPSA) is 107 Å². The molecule has 0 aliphatic heterocycles. The van der Waals surface area contributed by atoms with Crippen molar-refractivity contribution in [3.8, 4) is 5.75 Å². The molecule has 0 aliphatic rings. The van der Waals surface area contributed by atoms with Crippen LogP contribution in [0.2, 0.25) is 0 Å². The Kier molecular flexibility index (Phi) is 7.02. The maximum atomic E-state index is 11.8. The number of carbonyl (C=O) groups is 2. The van der Waals surface area contributed by atoms with Crippen LogP contribution >= 0.6 is 12.4 Å². The summed E-state index contributed by atoms with van der Waals surface area (Å²) < 4.78 is 5.09. The van der Waals surface area contributed by atoms with Gasteiger partial charge in [-0.15, -0.1) is 12.4 Å². The van der Waals surface area contributed by atoms with Crippen LogP contribution in [0.5, 0.6) is 5.75 Å². The minimum Gasteiger partial charge on any atom is -0.484 e. The fraction of sp³-hybridized carbons (Fsp3) is 0.385. The first kappa shape index (κ1) is 18.2. The zero-order chi connectivity index (χ0) is 14.5. The van der Waals surface area contributed by atoms with Gasteiger partial charge in [-0.25, -0.2) is 0 Å². The van der Waals surface area contributed by atoms with Crippen LogP contribution in [0.1, 0.15) is 24.2 Å². The van der Waals surface area contributed by atoms with Crippen LogP contribution in [-0.4, -0.2) is 30.5 Å². The number of hydrogen-bond donors (Lipinski definition) is 3. The average molecular weight is 302 g/mol. The predicted molar refractivity (Wildman–Crippen MR) is 79.0 cm³/mol. The van der Waals surface area contributed by atoms with Gasteiger partial charge in [0.2, 0.25) is 0 Å². The van der Waals surface area contributed by atoms with Crippen LogP contribution in [0.15, 0.2) is 24.3 Å². The maximum absolute atomic E-state index is 11.8. The Morgan fingerprint density at radius 1 is 1.25 bits per heavy atom. The molecular formula is C13H20ClN3O3. The van der Waals surface area contributed by atoms with Crippen molar-refractivity contribution in [3.05, 3.63) is 29.8 Å². The Morgan fingerprint density at radius 3 is 2.25 bits per heavy atom. The molecule has 6 nitrogen and oxygen atoms in total. The Labute approximate surface area is 124 Å². The highest BCUT2D eigenvalue weighted by molar-refractivity contribution is 5.94. The number of primary amides is 1. The summed E-state index contributed by atoms with van der Waals surface area (Å²) in [5.41, 5.74) is 10.8. The maximum Gasteiger partial charge on any atom is 0.255 e. The first-order valence-electron chi connectivity index (χ1n) is 5.86. The number of halogens is 1. The molecular weight excluding hydrogens is 282 g/mol. The second-order valence-corrected chi connectivity index (χ2v) is 4.95. The molecule has 0 unspecified atom stereocenters. The van der Waals surface area contributed by atoms with E-state index in [1.54, 1.807) is 24.3 Å². The van der Waals surface area contributed by atoms with Crippen molar-refractivity contribution in [2.75, 3.05) is 13.2 Å². The molecule has 0 radical (unpaired) electrons. The van der Waals surface area contributed by atoms with Gasteiger partial charge in [-0.05, 0) is 38.1 Å². The third-order valence-corrected chi connectivity index (χ3v) is 2.20. The summed E-state index contributed by atoms with van der Waals surface area (Å²) in [5, 5.41) is 2.73. The number of ether oxygens (including phenoxy) is 1. The van der Waals surface area contributed by atoms with Gasteiger partial charge in [0.15, 0.2) is 6.61 Å². The predicted octanol–water partition coefficient (Wildman–Crippen LogP) is 0.440. The summed E-state index contributed by atoms with van der Waals surface area (Å²) in [5.74, 6) is -0.276. The van der Waals surface area contributed by atoms with E-state index < -0.39 is 11.4 Å². The lowest BCUT2D eigenvalue weighted by Crippen LogP contribution is -2.45. The van der Waals surface area contributed by atoms with E-state index in [1.807, 2.05) is 13.8 Å². The largest absolute Gasteiger partial charge is 0.484 e. The molecule has 7 heteroatoms. The van der Waals surface area contributed by atoms with Gasteiger partial charge in [0.25, 0.3) is 11.8 Å². The van der Waals surface area contributed by atoms with E-state index in [2.05, 4.69) is 5.32 Å². The zero-order valence-corrected chi connectivity index (χ0v) is 12.3. The fourth-order valence-corrected chi connectivity index (χ4v) is 1.27. The summed E-state index contributed by atoms with van der Waals surface area (Å²) in [6.07, 6.45) is 0. The first-order chi connectivity index (χ1) is 8.78. The molecule has 0 saturated heterocycles. The molecule has 20 heavy (non-hydrogen) atoms. The molecule has 5 N–H and O–H groups in total. The molecule has 0 saturated carbocycles. The summed E-state index contributed by atoms with van der Waals surface area (Å²) in [6, 6.07) is 6.42. The number of nitrogens with two attached hydrogens (primary N) is 2. The molecule has 0 bridgehead atoms. The van der Waals surface area contributed by atoms with Gasteiger partial charge in [0, 0.05) is 17.6 Å². The molecule has 0 atom stereocenters. The number of hydrogen-bond acceptors (Lipinski definition) is 4. The SMILES string of the molecule is CC(C)(N)CNC(=O)c1ccc(OCC(N)=O)cc1.Cl. The van der Waals surface area contributed by atoms with Crippen molar-refractivity contribution < 1.29 is 14.3 Å². The van der Waals surface area contributed by atoms with Crippen LogP contribution in [0.4, 0.5) is 0 Å². The normalized spacial score (nSPS) is 10.3. The number of carbonyl (C=O) groups excluding carboxylic acids is 2. The molecule has 0 aromatic heterocycles. The number of benzene rings is 1. The Morgan fingerprint density at radius 2 is 1.80 bits per heavy atom. The van der Waals surface area contributed by atoms with Crippen molar-refractivity contribution >= 4 is 24.2 Å². The number of rotatable bonds is 6. The highest BCUT2D eigenvalue weighted by Gasteiger charge is 2.13. The fourth-order valence-electron chi connectivity index (χ4n) is 1.27. The van der Waals surface area contributed by atoms with Gasteiger partial charge < -0.3 is 21.5 Å². The zero-order valence-electron chi connectivity index (χ0n) is 11.5. The van der Waals surface area contributed by atoms with E-state index in [-0.39, 0.29) is 24.9 Å². The molecule has 1 aromatic rings. The van der Waals surface area contributed by atoms with E-state index in [0.29, 0.717) is 17.9 Å². The van der Waals surface area contributed by atoms with Gasteiger partial charge in [-0.2, -0.15) is 0 Å². The quantitative estimate of drug-likeness (QED) is 0.708. The van der Waals surface area contributed by atoms with Gasteiger partial charge >= 0.3 is 0 Å². The van der Waals surface area contributed by atoms with Crippen LogP contribution in [-0.2, 0) is 4.79 Å². The van der Waals surface area contributed by atoms with Crippen LogP contribution < -0.4 is 21.5 Å². The third kappa shape index (κ3) is 6.96. The second kappa shape index (κ2) is 7.72. The molecule has 0 spiro atoms. The minimum atomic E-state index is -0.549. The van der Waals surface area contributed by atoms with Crippen molar-refractivity contribution in [1.82, 2.24) is 5.32 Å². The number of amides is 2. The Hall–Kier alpha value is -1.79. The summed E-state index contributed by atoms with van der Waals surface area (Å²) in [4.78, 5) is 22.3. The van der Waals surface area contributed by atoms with Crippen LogP contribution in [0.25, 0.3) is 0 Å². The van der Waals surface area contributed by atoms with Gasteiger partial charge in [0.05, 0.1) is 0 Å². The summed E-state index contributed by atoms with van der Waals surface area (Å²) in [7, 11) is 0. The standard InChI is InChI=1S/C13H19N3O3.ClH/c1-13(2,15)8-16-12(18)9-3-5-10(6-4-9)19-7-11(14)17;/h3-6H,7-8,15H2,1-2H3,(H2,14,17)(H,16,18);1H. The Balaban J connectivity index is 0.00000361. The van der Waals surface area contributed by atoms with Crippen LogP contribution in [0.3, 0.4) is 0 Å². The van der Waals surface area contributed by atoms with Crippen molar-refractivity contribution in [1.29, 1.82) is 0 Å². The van der Waals surface area contributed by atoms with E-state index in [1.165, 1.54) is 0 Å². The molecule has 2 amide bonds. The van der Waals surface area contributed by atoms with Crippen LogP contribution in [0, 0.1) is 0 Å². The summed E-state index contributed by atoms with van der Waals surface area (Å²) in [6.45, 7) is 3.85. The average Bonchev–Trinajstić information content (AvgIpc) is 2.33. The monoisotopic (exact) mass is 301 g/mol. The lowest BCUT2D eigenvalue weighted by atomic mass is 10.1. The van der Waals surface area contributed by atoms with Gasteiger partial charge in [0.1, 0.15) is 5.75 Å².